The molecule has 0 bridgehead atoms. The summed E-state index contributed by atoms with van der Waals surface area (Å²) in [7, 11) is 0. The normalized spacial score (nSPS) is 25.3. The zero-order chi connectivity index (χ0) is 10.8. The van der Waals surface area contributed by atoms with Gasteiger partial charge in [0.05, 0.1) is 0 Å². The van der Waals surface area contributed by atoms with E-state index in [9.17, 15) is 4.79 Å². The maximum atomic E-state index is 10.6. The summed E-state index contributed by atoms with van der Waals surface area (Å²) in [5.41, 5.74) is 11.5. The highest BCUT2D eigenvalue weighted by atomic mass is 16.6. The average Bonchev–Trinajstić information content (AvgIpc) is 2.72. The first kappa shape index (κ1) is 9.82. The van der Waals surface area contributed by atoms with E-state index in [0.717, 1.165) is 25.0 Å². The molecule has 2 atom stereocenters. The van der Waals surface area contributed by atoms with Crippen molar-refractivity contribution in [1.29, 1.82) is 0 Å². The Balaban J connectivity index is 1.95. The van der Waals surface area contributed by atoms with Gasteiger partial charge in [-0.05, 0) is 19.3 Å². The van der Waals surface area contributed by atoms with Crippen LogP contribution in [0.1, 0.15) is 30.9 Å². The van der Waals surface area contributed by atoms with E-state index >= 15 is 0 Å². The highest BCUT2D eigenvalue weighted by Crippen LogP contribution is 2.35. The minimum Gasteiger partial charge on any atom is -0.446 e. The first-order chi connectivity index (χ1) is 7.15. The van der Waals surface area contributed by atoms with Crippen LogP contribution in [0.4, 0.5) is 10.6 Å². The lowest BCUT2D eigenvalue weighted by Crippen LogP contribution is -2.20. The number of amides is 1. The minimum atomic E-state index is -0.704. The first-order valence-corrected chi connectivity index (χ1v) is 4.92. The van der Waals surface area contributed by atoms with E-state index in [0.29, 0.717) is 11.7 Å². The number of carbonyl (C=O) groups excluding carboxylic acids is 1. The van der Waals surface area contributed by atoms with Crippen LogP contribution in [0.2, 0.25) is 0 Å². The molecular formula is C9H14N4O2. The molecule has 1 heterocycles. The lowest BCUT2D eigenvalue weighted by molar-refractivity contribution is 0.109. The van der Waals surface area contributed by atoms with E-state index in [2.05, 4.69) is 10.2 Å². The number of nitrogens with one attached hydrogen (secondary N) is 1. The van der Waals surface area contributed by atoms with E-state index in [1.54, 1.807) is 0 Å². The van der Waals surface area contributed by atoms with Crippen LogP contribution in [0.5, 0.6) is 0 Å². The first-order valence-electron chi connectivity index (χ1n) is 4.92. The van der Waals surface area contributed by atoms with Gasteiger partial charge in [0.2, 0.25) is 0 Å². The SMILES string of the molecule is NC(=O)OC1CCC(c2cc(N)n[nH]2)C1. The number of hydrogen-bond donors (Lipinski definition) is 3. The van der Waals surface area contributed by atoms with Crippen molar-refractivity contribution in [2.75, 3.05) is 5.73 Å². The molecule has 0 saturated heterocycles. The lowest BCUT2D eigenvalue weighted by Gasteiger charge is -2.09. The van der Waals surface area contributed by atoms with Crippen molar-refractivity contribution >= 4 is 11.9 Å². The number of anilines is 1. The van der Waals surface area contributed by atoms with E-state index in [1.165, 1.54) is 0 Å². The summed E-state index contributed by atoms with van der Waals surface area (Å²) in [4.78, 5) is 10.6. The Morgan fingerprint density at radius 2 is 2.40 bits per heavy atom. The third-order valence-corrected chi connectivity index (χ3v) is 2.72. The van der Waals surface area contributed by atoms with Gasteiger partial charge in [-0.25, -0.2) is 4.79 Å². The van der Waals surface area contributed by atoms with Gasteiger partial charge in [-0.2, -0.15) is 5.10 Å². The second-order valence-electron chi connectivity index (χ2n) is 3.82. The van der Waals surface area contributed by atoms with Crippen LogP contribution in [0.3, 0.4) is 0 Å². The van der Waals surface area contributed by atoms with Gasteiger partial charge < -0.3 is 16.2 Å². The van der Waals surface area contributed by atoms with Crippen LogP contribution in [0.25, 0.3) is 0 Å². The van der Waals surface area contributed by atoms with Gasteiger partial charge in [0.1, 0.15) is 11.9 Å². The summed E-state index contributed by atoms with van der Waals surface area (Å²) in [5, 5.41) is 6.74. The van der Waals surface area contributed by atoms with E-state index in [4.69, 9.17) is 16.2 Å². The summed E-state index contributed by atoms with van der Waals surface area (Å²) in [6.45, 7) is 0. The molecule has 15 heavy (non-hydrogen) atoms. The third-order valence-electron chi connectivity index (χ3n) is 2.72. The highest BCUT2D eigenvalue weighted by molar-refractivity contribution is 5.64. The molecule has 1 aliphatic carbocycles. The zero-order valence-electron chi connectivity index (χ0n) is 8.27. The second kappa shape index (κ2) is 3.80. The quantitative estimate of drug-likeness (QED) is 0.668. The van der Waals surface area contributed by atoms with Gasteiger partial charge >= 0.3 is 6.09 Å². The summed E-state index contributed by atoms with van der Waals surface area (Å²) in [6.07, 6.45) is 1.80. The maximum Gasteiger partial charge on any atom is 0.404 e. The number of nitrogens with two attached hydrogens (primary N) is 2. The molecule has 0 spiro atoms. The molecule has 82 valence electrons. The standard InChI is InChI=1S/C9H14N4O2/c10-8-4-7(12-13-8)5-1-2-6(3-5)15-9(11)14/h4-6H,1-3H2,(H2,11,14)(H3,10,12,13). The van der Waals surface area contributed by atoms with E-state index in [1.807, 2.05) is 6.07 Å². The predicted octanol–water partition coefficient (Wildman–Crippen LogP) is 0.723. The number of primary amides is 1. The number of aromatic nitrogens is 2. The molecule has 1 aromatic heterocycles. The summed E-state index contributed by atoms with van der Waals surface area (Å²) < 4.78 is 4.94. The molecule has 1 aliphatic rings. The molecule has 6 nitrogen and oxygen atoms in total. The predicted molar refractivity (Wildman–Crippen MR) is 54.0 cm³/mol. The molecule has 2 unspecified atom stereocenters. The third kappa shape index (κ3) is 2.20. The minimum absolute atomic E-state index is 0.0722. The fourth-order valence-corrected chi connectivity index (χ4v) is 2.06. The number of H-pyrrole nitrogens is 1. The van der Waals surface area contributed by atoms with Crippen molar-refractivity contribution in [2.24, 2.45) is 5.73 Å². The maximum absolute atomic E-state index is 10.6. The van der Waals surface area contributed by atoms with Gasteiger partial charge in [0.25, 0.3) is 0 Å². The monoisotopic (exact) mass is 210 g/mol. The molecular weight excluding hydrogens is 196 g/mol. The van der Waals surface area contributed by atoms with Crippen molar-refractivity contribution in [3.05, 3.63) is 11.8 Å². The number of carbonyl (C=O) groups is 1. The van der Waals surface area contributed by atoms with Crippen molar-refractivity contribution in [3.8, 4) is 0 Å². The second-order valence-corrected chi connectivity index (χ2v) is 3.82. The van der Waals surface area contributed by atoms with Gasteiger partial charge in [0, 0.05) is 17.7 Å². The molecule has 1 fully saturated rings. The number of nitrogens with zero attached hydrogens (tertiary/aromatic N) is 1. The van der Waals surface area contributed by atoms with Gasteiger partial charge in [-0.3, -0.25) is 5.10 Å². The lowest BCUT2D eigenvalue weighted by atomic mass is 10.0. The Morgan fingerprint density at radius 1 is 1.60 bits per heavy atom. The van der Waals surface area contributed by atoms with Gasteiger partial charge in [-0.15, -0.1) is 0 Å². The number of ether oxygens (including phenoxy) is 1. The van der Waals surface area contributed by atoms with Crippen molar-refractivity contribution in [2.45, 2.75) is 31.3 Å². The molecule has 1 amide bonds. The summed E-state index contributed by atoms with van der Waals surface area (Å²) in [5.74, 6) is 0.823. The molecule has 1 aromatic rings. The Morgan fingerprint density at radius 3 is 3.00 bits per heavy atom. The van der Waals surface area contributed by atoms with Crippen molar-refractivity contribution in [1.82, 2.24) is 10.2 Å². The molecule has 6 heteroatoms. The molecule has 5 N–H and O–H groups in total. The Labute approximate surface area is 87.0 Å². The summed E-state index contributed by atoms with van der Waals surface area (Å²) in [6, 6.07) is 1.82. The van der Waals surface area contributed by atoms with Crippen molar-refractivity contribution < 1.29 is 9.53 Å². The fraction of sp³-hybridized carbons (Fsp3) is 0.556. The van der Waals surface area contributed by atoms with E-state index < -0.39 is 6.09 Å². The topological polar surface area (TPSA) is 107 Å². The van der Waals surface area contributed by atoms with Crippen LogP contribution in [0, 0.1) is 0 Å². The number of nitrogen functional groups attached to an aromatic ring is 1. The Kier molecular flexibility index (Phi) is 2.49. The molecule has 2 rings (SSSR count). The van der Waals surface area contributed by atoms with Crippen LogP contribution in [0.15, 0.2) is 6.07 Å². The average molecular weight is 210 g/mol. The Hall–Kier alpha value is -1.72. The Bertz CT molecular complexity index is 363. The van der Waals surface area contributed by atoms with Gasteiger partial charge in [-0.1, -0.05) is 0 Å². The van der Waals surface area contributed by atoms with Crippen LogP contribution in [-0.4, -0.2) is 22.4 Å². The fourth-order valence-electron chi connectivity index (χ4n) is 2.06. The number of rotatable bonds is 2. The summed E-state index contributed by atoms with van der Waals surface area (Å²) >= 11 is 0. The smallest absolute Gasteiger partial charge is 0.404 e. The van der Waals surface area contributed by atoms with Crippen LogP contribution in [-0.2, 0) is 4.74 Å². The number of aromatic amines is 1. The van der Waals surface area contributed by atoms with Crippen molar-refractivity contribution in [3.63, 3.8) is 0 Å². The number of hydrogen-bond acceptors (Lipinski definition) is 4. The zero-order valence-corrected chi connectivity index (χ0v) is 8.27. The highest BCUT2D eigenvalue weighted by Gasteiger charge is 2.29. The molecule has 0 radical (unpaired) electrons. The van der Waals surface area contributed by atoms with Crippen LogP contribution >= 0.6 is 0 Å². The van der Waals surface area contributed by atoms with Crippen LogP contribution < -0.4 is 11.5 Å². The molecule has 1 saturated carbocycles. The van der Waals surface area contributed by atoms with E-state index in [-0.39, 0.29) is 6.10 Å². The van der Waals surface area contributed by atoms with Gasteiger partial charge in [0.15, 0.2) is 0 Å². The largest absolute Gasteiger partial charge is 0.446 e. The molecule has 0 aromatic carbocycles. The molecule has 0 aliphatic heterocycles.